The van der Waals surface area contributed by atoms with Gasteiger partial charge in [0.15, 0.2) is 0 Å². The minimum Gasteiger partial charge on any atom is -0.336 e. The summed E-state index contributed by atoms with van der Waals surface area (Å²) < 4.78 is 3.92. The first kappa shape index (κ1) is 14.0. The van der Waals surface area contributed by atoms with Crippen LogP contribution in [0.25, 0.3) is 0 Å². The maximum atomic E-state index is 4.50. The number of nitrogens with zero attached hydrogens (tertiary/aromatic N) is 4. The SMILES string of the molecule is Cc1nn(C)cc1CNC(c1cccs1)c1nccn1C. The third-order valence-electron chi connectivity index (χ3n) is 3.56. The van der Waals surface area contributed by atoms with Gasteiger partial charge in [-0.15, -0.1) is 11.3 Å². The molecular weight excluding hydrogens is 282 g/mol. The van der Waals surface area contributed by atoms with Gasteiger partial charge in [0.05, 0.1) is 5.69 Å². The van der Waals surface area contributed by atoms with Gasteiger partial charge in [-0.3, -0.25) is 10.00 Å². The Bertz CT molecular complexity index is 710. The number of rotatable bonds is 5. The van der Waals surface area contributed by atoms with Gasteiger partial charge in [-0.05, 0) is 18.4 Å². The van der Waals surface area contributed by atoms with E-state index in [0.29, 0.717) is 0 Å². The number of hydrogen-bond donors (Lipinski definition) is 1. The number of imidazole rings is 1. The van der Waals surface area contributed by atoms with Gasteiger partial charge in [0, 0.05) is 49.7 Å². The van der Waals surface area contributed by atoms with E-state index in [0.717, 1.165) is 18.1 Å². The molecule has 0 amide bonds. The van der Waals surface area contributed by atoms with E-state index < -0.39 is 0 Å². The van der Waals surface area contributed by atoms with E-state index >= 15 is 0 Å². The maximum absolute atomic E-state index is 4.50. The van der Waals surface area contributed by atoms with Crippen LogP contribution < -0.4 is 5.32 Å². The van der Waals surface area contributed by atoms with Gasteiger partial charge in [-0.2, -0.15) is 5.10 Å². The Morgan fingerprint density at radius 2 is 2.24 bits per heavy atom. The molecule has 5 nitrogen and oxygen atoms in total. The summed E-state index contributed by atoms with van der Waals surface area (Å²) in [6.45, 7) is 2.81. The largest absolute Gasteiger partial charge is 0.336 e. The van der Waals surface area contributed by atoms with Crippen LogP contribution in [0.5, 0.6) is 0 Å². The van der Waals surface area contributed by atoms with Crippen molar-refractivity contribution in [2.24, 2.45) is 14.1 Å². The van der Waals surface area contributed by atoms with Crippen molar-refractivity contribution in [1.82, 2.24) is 24.6 Å². The van der Waals surface area contributed by atoms with Gasteiger partial charge in [0.2, 0.25) is 0 Å². The van der Waals surface area contributed by atoms with Crippen molar-refractivity contribution >= 4 is 11.3 Å². The predicted molar refractivity (Wildman–Crippen MR) is 84.2 cm³/mol. The molecule has 0 spiro atoms. The van der Waals surface area contributed by atoms with Crippen molar-refractivity contribution in [3.8, 4) is 0 Å². The minimum absolute atomic E-state index is 0.101. The third kappa shape index (κ3) is 2.91. The van der Waals surface area contributed by atoms with Crippen molar-refractivity contribution < 1.29 is 0 Å². The fourth-order valence-corrected chi connectivity index (χ4v) is 3.26. The molecule has 0 saturated heterocycles. The van der Waals surface area contributed by atoms with Gasteiger partial charge in [0.25, 0.3) is 0 Å². The molecule has 3 heterocycles. The van der Waals surface area contributed by atoms with Crippen LogP contribution in [0.15, 0.2) is 36.1 Å². The zero-order valence-electron chi connectivity index (χ0n) is 12.4. The molecule has 1 N–H and O–H groups in total. The molecule has 1 atom stereocenters. The lowest BCUT2D eigenvalue weighted by Gasteiger charge is -2.17. The molecule has 0 aliphatic carbocycles. The first-order valence-electron chi connectivity index (χ1n) is 6.88. The van der Waals surface area contributed by atoms with E-state index in [9.17, 15) is 0 Å². The second-order valence-corrected chi connectivity index (χ2v) is 6.12. The van der Waals surface area contributed by atoms with E-state index in [1.54, 1.807) is 11.3 Å². The van der Waals surface area contributed by atoms with E-state index in [1.807, 2.05) is 38.1 Å². The Hall–Kier alpha value is -1.92. The van der Waals surface area contributed by atoms with Gasteiger partial charge in [-0.1, -0.05) is 6.07 Å². The van der Waals surface area contributed by atoms with Crippen LogP contribution in [0.4, 0.5) is 0 Å². The molecule has 0 aromatic carbocycles. The highest BCUT2D eigenvalue weighted by Gasteiger charge is 2.19. The summed E-state index contributed by atoms with van der Waals surface area (Å²) in [5.74, 6) is 1.03. The quantitative estimate of drug-likeness (QED) is 0.787. The molecule has 110 valence electrons. The summed E-state index contributed by atoms with van der Waals surface area (Å²) in [5.41, 5.74) is 2.28. The maximum Gasteiger partial charge on any atom is 0.131 e. The zero-order valence-corrected chi connectivity index (χ0v) is 13.3. The summed E-state index contributed by atoms with van der Waals surface area (Å²) in [6.07, 6.45) is 5.88. The second-order valence-electron chi connectivity index (χ2n) is 5.14. The van der Waals surface area contributed by atoms with Crippen LogP contribution in [-0.2, 0) is 20.6 Å². The van der Waals surface area contributed by atoms with Crippen LogP contribution in [0.3, 0.4) is 0 Å². The molecule has 0 aliphatic heterocycles. The lowest BCUT2D eigenvalue weighted by Crippen LogP contribution is -2.24. The molecule has 21 heavy (non-hydrogen) atoms. The molecule has 0 radical (unpaired) electrons. The fourth-order valence-electron chi connectivity index (χ4n) is 2.46. The zero-order chi connectivity index (χ0) is 14.8. The number of hydrogen-bond acceptors (Lipinski definition) is 4. The number of thiophene rings is 1. The van der Waals surface area contributed by atoms with Crippen molar-refractivity contribution in [3.63, 3.8) is 0 Å². The molecule has 3 aromatic rings. The molecule has 0 fully saturated rings. The normalized spacial score (nSPS) is 12.7. The van der Waals surface area contributed by atoms with Crippen LogP contribution in [-0.4, -0.2) is 19.3 Å². The minimum atomic E-state index is 0.101. The van der Waals surface area contributed by atoms with Gasteiger partial charge in [0.1, 0.15) is 11.9 Å². The monoisotopic (exact) mass is 301 g/mol. The van der Waals surface area contributed by atoms with Crippen molar-refractivity contribution in [3.05, 3.63) is 58.1 Å². The highest BCUT2D eigenvalue weighted by atomic mass is 32.1. The van der Waals surface area contributed by atoms with Crippen LogP contribution in [0, 0.1) is 6.92 Å². The van der Waals surface area contributed by atoms with E-state index in [2.05, 4.69) is 43.7 Å². The number of aryl methyl sites for hydroxylation is 3. The molecule has 0 bridgehead atoms. The topological polar surface area (TPSA) is 47.7 Å². The van der Waals surface area contributed by atoms with Gasteiger partial charge in [-0.25, -0.2) is 4.98 Å². The Morgan fingerprint density at radius 3 is 2.81 bits per heavy atom. The molecule has 0 saturated carbocycles. The molecule has 3 aromatic heterocycles. The van der Waals surface area contributed by atoms with E-state index in [-0.39, 0.29) is 6.04 Å². The van der Waals surface area contributed by atoms with Crippen molar-refractivity contribution in [2.45, 2.75) is 19.5 Å². The van der Waals surface area contributed by atoms with Crippen LogP contribution >= 0.6 is 11.3 Å². The van der Waals surface area contributed by atoms with Crippen LogP contribution in [0.1, 0.15) is 28.0 Å². The number of aromatic nitrogens is 4. The van der Waals surface area contributed by atoms with E-state index in [1.165, 1.54) is 10.4 Å². The third-order valence-corrected chi connectivity index (χ3v) is 4.49. The standard InChI is InChI=1S/C15H19N5S/c1-11-12(10-20(3)18-11)9-17-14(13-5-4-8-21-13)15-16-6-7-19(15)2/h4-8,10,14,17H,9H2,1-3H3. The molecule has 1 unspecified atom stereocenters. The van der Waals surface area contributed by atoms with Crippen LogP contribution in [0.2, 0.25) is 0 Å². The highest BCUT2D eigenvalue weighted by Crippen LogP contribution is 2.25. The smallest absolute Gasteiger partial charge is 0.131 e. The Balaban J connectivity index is 1.84. The molecule has 6 heteroatoms. The predicted octanol–water partition coefficient (Wildman–Crippen LogP) is 2.40. The Morgan fingerprint density at radius 1 is 1.38 bits per heavy atom. The average molecular weight is 301 g/mol. The summed E-state index contributed by atoms with van der Waals surface area (Å²) in [6, 6.07) is 4.32. The van der Waals surface area contributed by atoms with E-state index in [4.69, 9.17) is 0 Å². The van der Waals surface area contributed by atoms with Gasteiger partial charge < -0.3 is 4.57 Å². The first-order chi connectivity index (χ1) is 10.1. The summed E-state index contributed by atoms with van der Waals surface area (Å²) in [5, 5.41) is 10.1. The van der Waals surface area contributed by atoms with Crippen molar-refractivity contribution in [2.75, 3.05) is 0 Å². The second kappa shape index (κ2) is 5.83. The lowest BCUT2D eigenvalue weighted by atomic mass is 10.2. The highest BCUT2D eigenvalue weighted by molar-refractivity contribution is 7.10. The molecule has 3 rings (SSSR count). The van der Waals surface area contributed by atoms with Crippen molar-refractivity contribution in [1.29, 1.82) is 0 Å². The summed E-state index contributed by atoms with van der Waals surface area (Å²) in [4.78, 5) is 5.77. The fraction of sp³-hybridized carbons (Fsp3) is 0.333. The summed E-state index contributed by atoms with van der Waals surface area (Å²) >= 11 is 1.75. The Kier molecular flexibility index (Phi) is 3.90. The average Bonchev–Trinajstić information content (AvgIpc) is 3.15. The lowest BCUT2D eigenvalue weighted by molar-refractivity contribution is 0.564. The molecular formula is C15H19N5S. The van der Waals surface area contributed by atoms with Gasteiger partial charge >= 0.3 is 0 Å². The first-order valence-corrected chi connectivity index (χ1v) is 7.76. The molecule has 0 aliphatic rings. The Labute approximate surface area is 128 Å². The number of nitrogens with one attached hydrogen (secondary N) is 1. The summed E-state index contributed by atoms with van der Waals surface area (Å²) in [7, 11) is 3.98.